The summed E-state index contributed by atoms with van der Waals surface area (Å²) in [6.07, 6.45) is 1.58. The van der Waals surface area contributed by atoms with Crippen LogP contribution in [0.15, 0.2) is 24.5 Å². The average molecular weight is 264 g/mol. The lowest BCUT2D eigenvalue weighted by atomic mass is 10.1. The van der Waals surface area contributed by atoms with Gasteiger partial charge >= 0.3 is 5.97 Å². The van der Waals surface area contributed by atoms with E-state index in [0.29, 0.717) is 12.4 Å². The fraction of sp³-hybridized carbons (Fsp3) is 0.250. The number of rotatable bonds is 5. The van der Waals surface area contributed by atoms with Crippen LogP contribution in [0.4, 0.5) is 10.1 Å². The highest BCUT2D eigenvalue weighted by Gasteiger charge is 2.15. The van der Waals surface area contributed by atoms with Gasteiger partial charge in [0.1, 0.15) is 17.7 Å². The zero-order valence-electron chi connectivity index (χ0n) is 10.3. The van der Waals surface area contributed by atoms with Gasteiger partial charge in [0.05, 0.1) is 12.2 Å². The summed E-state index contributed by atoms with van der Waals surface area (Å²) in [6.45, 7) is 2.92. The molecule has 0 radical (unpaired) electrons. The second-order valence-corrected chi connectivity index (χ2v) is 3.85. The van der Waals surface area contributed by atoms with Crippen LogP contribution < -0.4 is 5.32 Å². The molecule has 0 amide bonds. The van der Waals surface area contributed by atoms with Gasteiger partial charge in [-0.3, -0.25) is 0 Å². The first kappa shape index (κ1) is 13.0. The molecule has 100 valence electrons. The van der Waals surface area contributed by atoms with Crippen LogP contribution in [0.25, 0.3) is 0 Å². The molecule has 2 N–H and O–H groups in total. The Hall–Kier alpha value is -2.44. The van der Waals surface area contributed by atoms with Gasteiger partial charge in [-0.05, 0) is 19.1 Å². The first-order valence-electron chi connectivity index (χ1n) is 5.75. The molecule has 1 heterocycles. The largest absolute Gasteiger partial charge is 0.478 e. The Labute approximate surface area is 108 Å². The van der Waals surface area contributed by atoms with E-state index in [2.05, 4.69) is 15.5 Å². The van der Waals surface area contributed by atoms with Gasteiger partial charge in [-0.2, -0.15) is 0 Å². The van der Waals surface area contributed by atoms with Crippen molar-refractivity contribution in [1.29, 1.82) is 0 Å². The van der Waals surface area contributed by atoms with E-state index in [1.54, 1.807) is 6.33 Å². The molecule has 1 aromatic heterocycles. The van der Waals surface area contributed by atoms with Crippen molar-refractivity contribution in [3.63, 3.8) is 0 Å². The fourth-order valence-corrected chi connectivity index (χ4v) is 1.74. The summed E-state index contributed by atoms with van der Waals surface area (Å²) >= 11 is 0. The van der Waals surface area contributed by atoms with Crippen molar-refractivity contribution in [3.8, 4) is 0 Å². The summed E-state index contributed by atoms with van der Waals surface area (Å²) in [5, 5.41) is 19.5. The van der Waals surface area contributed by atoms with Gasteiger partial charge in [0.2, 0.25) is 0 Å². The third-order valence-electron chi connectivity index (χ3n) is 2.70. The molecule has 19 heavy (non-hydrogen) atoms. The Balaban J connectivity index is 2.20. The first-order chi connectivity index (χ1) is 9.13. The number of hydrogen-bond donors (Lipinski definition) is 2. The number of hydrogen-bond acceptors (Lipinski definition) is 4. The van der Waals surface area contributed by atoms with Crippen LogP contribution in [-0.4, -0.2) is 25.8 Å². The molecule has 2 rings (SSSR count). The molecule has 0 spiro atoms. The van der Waals surface area contributed by atoms with Crippen molar-refractivity contribution in [1.82, 2.24) is 14.8 Å². The number of halogens is 1. The van der Waals surface area contributed by atoms with Gasteiger partial charge in [-0.15, -0.1) is 10.2 Å². The lowest BCUT2D eigenvalue weighted by Gasteiger charge is -2.10. The summed E-state index contributed by atoms with van der Waals surface area (Å²) < 4.78 is 15.3. The van der Waals surface area contributed by atoms with Gasteiger partial charge in [-0.1, -0.05) is 6.07 Å². The highest BCUT2D eigenvalue weighted by atomic mass is 19.1. The van der Waals surface area contributed by atoms with E-state index >= 15 is 0 Å². The molecule has 0 fully saturated rings. The van der Waals surface area contributed by atoms with Gasteiger partial charge in [-0.25, -0.2) is 9.18 Å². The molecule has 0 unspecified atom stereocenters. The molecule has 0 saturated carbocycles. The molecule has 2 aromatic rings. The van der Waals surface area contributed by atoms with Gasteiger partial charge in [0, 0.05) is 6.54 Å². The molecule has 0 saturated heterocycles. The second kappa shape index (κ2) is 5.47. The normalized spacial score (nSPS) is 10.4. The standard InChI is InChI=1S/C12H13FN4O2/c1-2-17-7-15-16-10(17)6-14-9-5-3-4-8(13)11(9)12(18)19/h3-5,7,14H,2,6H2,1H3,(H,18,19). The summed E-state index contributed by atoms with van der Waals surface area (Å²) in [5.41, 5.74) is -0.150. The summed E-state index contributed by atoms with van der Waals surface area (Å²) in [5.74, 6) is -1.42. The van der Waals surface area contributed by atoms with E-state index in [9.17, 15) is 9.18 Å². The number of carboxylic acid groups (broad SMARTS) is 1. The minimum absolute atomic E-state index is 0.221. The number of carbonyl (C=O) groups is 1. The van der Waals surface area contributed by atoms with Crippen LogP contribution >= 0.6 is 0 Å². The second-order valence-electron chi connectivity index (χ2n) is 3.85. The van der Waals surface area contributed by atoms with Crippen LogP contribution in [0.3, 0.4) is 0 Å². The quantitative estimate of drug-likeness (QED) is 0.860. The number of benzene rings is 1. The topological polar surface area (TPSA) is 80.0 Å². The number of aromatic nitrogens is 3. The van der Waals surface area contributed by atoms with Gasteiger partial charge in [0.25, 0.3) is 0 Å². The maximum absolute atomic E-state index is 13.5. The van der Waals surface area contributed by atoms with Gasteiger partial charge < -0.3 is 15.0 Å². The Morgan fingerprint density at radius 1 is 1.53 bits per heavy atom. The highest BCUT2D eigenvalue weighted by Crippen LogP contribution is 2.19. The molecule has 6 nitrogen and oxygen atoms in total. The van der Waals surface area contributed by atoms with Crippen molar-refractivity contribution >= 4 is 11.7 Å². The zero-order chi connectivity index (χ0) is 13.8. The SMILES string of the molecule is CCn1cnnc1CNc1cccc(F)c1C(=O)O. The fourth-order valence-electron chi connectivity index (χ4n) is 1.74. The molecule has 0 aliphatic heterocycles. The minimum Gasteiger partial charge on any atom is -0.478 e. The monoisotopic (exact) mass is 264 g/mol. The number of nitrogens with zero attached hydrogens (tertiary/aromatic N) is 3. The number of carboxylic acids is 1. The van der Waals surface area contributed by atoms with E-state index < -0.39 is 11.8 Å². The highest BCUT2D eigenvalue weighted by molar-refractivity contribution is 5.94. The first-order valence-corrected chi connectivity index (χ1v) is 5.75. The maximum atomic E-state index is 13.5. The maximum Gasteiger partial charge on any atom is 0.340 e. The van der Waals surface area contributed by atoms with E-state index in [-0.39, 0.29) is 17.8 Å². The molecule has 0 aliphatic carbocycles. The molecular formula is C12H13FN4O2. The van der Waals surface area contributed by atoms with E-state index in [0.717, 1.165) is 6.07 Å². The molecule has 7 heteroatoms. The van der Waals surface area contributed by atoms with Crippen LogP contribution in [0, 0.1) is 5.82 Å². The Kier molecular flexibility index (Phi) is 3.74. The average Bonchev–Trinajstić information content (AvgIpc) is 2.83. The summed E-state index contributed by atoms with van der Waals surface area (Å²) in [4.78, 5) is 11.0. The van der Waals surface area contributed by atoms with Crippen LogP contribution in [0.1, 0.15) is 23.1 Å². The summed E-state index contributed by atoms with van der Waals surface area (Å²) in [6, 6.07) is 4.08. The van der Waals surface area contributed by atoms with Crippen molar-refractivity contribution < 1.29 is 14.3 Å². The third kappa shape index (κ3) is 2.70. The minimum atomic E-state index is -1.31. The third-order valence-corrected chi connectivity index (χ3v) is 2.70. The van der Waals surface area contributed by atoms with Crippen LogP contribution in [-0.2, 0) is 13.1 Å². The van der Waals surface area contributed by atoms with Crippen LogP contribution in [0.5, 0.6) is 0 Å². The van der Waals surface area contributed by atoms with Crippen molar-refractivity contribution in [2.75, 3.05) is 5.32 Å². The van der Waals surface area contributed by atoms with Gasteiger partial charge in [0.15, 0.2) is 5.82 Å². The molecule has 1 aromatic carbocycles. The lowest BCUT2D eigenvalue weighted by molar-refractivity contribution is 0.0693. The van der Waals surface area contributed by atoms with Crippen molar-refractivity contribution in [2.45, 2.75) is 20.0 Å². The lowest BCUT2D eigenvalue weighted by Crippen LogP contribution is -2.11. The van der Waals surface area contributed by atoms with Crippen molar-refractivity contribution in [2.24, 2.45) is 0 Å². The number of aryl methyl sites for hydroxylation is 1. The predicted octanol–water partition coefficient (Wildman–Crippen LogP) is 1.75. The molecule has 0 aliphatic rings. The smallest absolute Gasteiger partial charge is 0.340 e. The summed E-state index contributed by atoms with van der Waals surface area (Å²) in [7, 11) is 0. The van der Waals surface area contributed by atoms with E-state index in [4.69, 9.17) is 5.11 Å². The van der Waals surface area contributed by atoms with Crippen molar-refractivity contribution in [3.05, 3.63) is 41.7 Å². The predicted molar refractivity (Wildman–Crippen MR) is 66.4 cm³/mol. The molecule has 0 bridgehead atoms. The molecular weight excluding hydrogens is 251 g/mol. The number of aromatic carboxylic acids is 1. The van der Waals surface area contributed by atoms with E-state index in [1.807, 2.05) is 11.5 Å². The van der Waals surface area contributed by atoms with E-state index in [1.165, 1.54) is 12.1 Å². The number of nitrogens with one attached hydrogen (secondary N) is 1. The number of anilines is 1. The Morgan fingerprint density at radius 3 is 3.00 bits per heavy atom. The molecule has 0 atom stereocenters. The van der Waals surface area contributed by atoms with Crippen LogP contribution in [0.2, 0.25) is 0 Å². The Morgan fingerprint density at radius 2 is 2.32 bits per heavy atom. The Bertz CT molecular complexity index is 597. The zero-order valence-corrected chi connectivity index (χ0v) is 10.3.